The van der Waals surface area contributed by atoms with Crippen LogP contribution in [0.5, 0.6) is 0 Å². The van der Waals surface area contributed by atoms with Crippen LogP contribution in [0.2, 0.25) is 0 Å². The Labute approximate surface area is 144 Å². The van der Waals surface area contributed by atoms with Gasteiger partial charge in [-0.15, -0.1) is 0 Å². The number of nitro groups is 1. The number of ether oxygens (including phenoxy) is 1. The van der Waals surface area contributed by atoms with E-state index in [4.69, 9.17) is 4.74 Å². The lowest BCUT2D eigenvalue weighted by molar-refractivity contribution is -0.385. The van der Waals surface area contributed by atoms with E-state index in [1.807, 2.05) is 0 Å². The van der Waals surface area contributed by atoms with Crippen molar-refractivity contribution in [1.29, 1.82) is 0 Å². The van der Waals surface area contributed by atoms with Gasteiger partial charge in [-0.05, 0) is 12.1 Å². The first-order valence-corrected chi connectivity index (χ1v) is 7.37. The van der Waals surface area contributed by atoms with Crippen molar-refractivity contribution in [2.45, 2.75) is 0 Å². The highest BCUT2D eigenvalue weighted by Gasteiger charge is 2.23. The first-order valence-electron chi connectivity index (χ1n) is 7.37. The molecular formula is C19H15NO5. The van der Waals surface area contributed by atoms with E-state index in [2.05, 4.69) is 6.58 Å². The molecule has 6 nitrogen and oxygen atoms in total. The summed E-state index contributed by atoms with van der Waals surface area (Å²) in [7, 11) is 0. The van der Waals surface area contributed by atoms with Gasteiger partial charge < -0.3 is 4.74 Å². The van der Waals surface area contributed by atoms with Gasteiger partial charge in [-0.25, -0.2) is 4.79 Å². The molecule has 0 aliphatic carbocycles. The predicted molar refractivity (Wildman–Crippen MR) is 93.0 cm³/mol. The third kappa shape index (κ3) is 4.48. The predicted octanol–water partition coefficient (Wildman–Crippen LogP) is 3.59. The maximum absolute atomic E-state index is 12.7. The van der Waals surface area contributed by atoms with Crippen molar-refractivity contribution in [3.8, 4) is 0 Å². The maximum atomic E-state index is 12.7. The maximum Gasteiger partial charge on any atom is 0.342 e. The second-order valence-corrected chi connectivity index (χ2v) is 4.96. The zero-order valence-electron chi connectivity index (χ0n) is 13.3. The van der Waals surface area contributed by atoms with Crippen LogP contribution in [-0.2, 0) is 9.53 Å². The number of hydrogen-bond acceptors (Lipinski definition) is 5. The van der Waals surface area contributed by atoms with E-state index < -0.39 is 16.7 Å². The Kier molecular flexibility index (Phi) is 5.95. The number of nitro benzene ring substituents is 1. The summed E-state index contributed by atoms with van der Waals surface area (Å²) < 4.78 is 4.95. The molecule has 0 aliphatic rings. The van der Waals surface area contributed by atoms with Gasteiger partial charge in [-0.2, -0.15) is 0 Å². The summed E-state index contributed by atoms with van der Waals surface area (Å²) in [6.45, 7) is 3.37. The second kappa shape index (κ2) is 8.35. The Hall–Kier alpha value is -3.54. The monoisotopic (exact) mass is 337 g/mol. The molecule has 0 saturated carbocycles. The molecular weight excluding hydrogens is 322 g/mol. The third-order valence-electron chi connectivity index (χ3n) is 3.27. The molecule has 2 aromatic rings. The van der Waals surface area contributed by atoms with Crippen LogP contribution in [-0.4, -0.2) is 23.3 Å². The Balaban J connectivity index is 2.52. The highest BCUT2D eigenvalue weighted by molar-refractivity contribution is 6.27. The van der Waals surface area contributed by atoms with Crippen LogP contribution in [0.25, 0.3) is 6.08 Å². The minimum Gasteiger partial charge on any atom is -0.458 e. The van der Waals surface area contributed by atoms with Crippen LogP contribution >= 0.6 is 0 Å². The number of carbonyl (C=O) groups is 2. The molecule has 0 unspecified atom stereocenters. The van der Waals surface area contributed by atoms with Crippen molar-refractivity contribution in [1.82, 2.24) is 0 Å². The van der Waals surface area contributed by atoms with Gasteiger partial charge in [-0.1, -0.05) is 55.1 Å². The van der Waals surface area contributed by atoms with Crippen LogP contribution in [0.3, 0.4) is 0 Å². The molecule has 126 valence electrons. The highest BCUT2D eigenvalue weighted by Crippen LogP contribution is 2.22. The average Bonchev–Trinajstić information content (AvgIpc) is 2.64. The molecule has 0 atom stereocenters. The summed E-state index contributed by atoms with van der Waals surface area (Å²) in [5.41, 5.74) is -0.0787. The van der Waals surface area contributed by atoms with Gasteiger partial charge in [0.1, 0.15) is 12.2 Å². The molecule has 0 saturated heterocycles. The number of benzene rings is 2. The quantitative estimate of drug-likeness (QED) is 0.113. The minimum atomic E-state index is -0.869. The number of para-hydroxylation sites is 1. The number of rotatable bonds is 7. The summed E-state index contributed by atoms with van der Waals surface area (Å²) in [4.78, 5) is 35.5. The molecule has 6 heteroatoms. The van der Waals surface area contributed by atoms with E-state index in [1.165, 1.54) is 30.4 Å². The zero-order chi connectivity index (χ0) is 18.2. The summed E-state index contributed by atoms with van der Waals surface area (Å²) in [6.07, 6.45) is 2.55. The van der Waals surface area contributed by atoms with Crippen molar-refractivity contribution in [2.24, 2.45) is 0 Å². The molecule has 0 heterocycles. The Morgan fingerprint density at radius 3 is 2.36 bits per heavy atom. The highest BCUT2D eigenvalue weighted by atomic mass is 16.6. The van der Waals surface area contributed by atoms with Crippen molar-refractivity contribution in [3.05, 3.63) is 94.1 Å². The molecule has 0 N–H and O–H groups in total. The second-order valence-electron chi connectivity index (χ2n) is 4.96. The van der Waals surface area contributed by atoms with E-state index >= 15 is 0 Å². The van der Waals surface area contributed by atoms with E-state index in [0.717, 1.165) is 0 Å². The lowest BCUT2D eigenvalue weighted by Crippen LogP contribution is -2.16. The molecule has 2 rings (SSSR count). The summed E-state index contributed by atoms with van der Waals surface area (Å²) >= 11 is 0. The van der Waals surface area contributed by atoms with Gasteiger partial charge in [-0.3, -0.25) is 14.9 Å². The molecule has 0 aliphatic heterocycles. The van der Waals surface area contributed by atoms with Gasteiger partial charge in [0.25, 0.3) is 5.69 Å². The number of hydrogen-bond donors (Lipinski definition) is 0. The largest absolute Gasteiger partial charge is 0.458 e. The summed E-state index contributed by atoms with van der Waals surface area (Å²) in [6, 6.07) is 14.0. The van der Waals surface area contributed by atoms with Gasteiger partial charge in [0.15, 0.2) is 5.78 Å². The van der Waals surface area contributed by atoms with Crippen molar-refractivity contribution >= 4 is 23.5 Å². The van der Waals surface area contributed by atoms with Crippen molar-refractivity contribution < 1.29 is 19.2 Å². The van der Waals surface area contributed by atoms with Crippen LogP contribution < -0.4 is 0 Å². The number of ketones is 1. The Morgan fingerprint density at radius 1 is 1.08 bits per heavy atom. The van der Waals surface area contributed by atoms with Crippen LogP contribution in [0, 0.1) is 10.1 Å². The summed E-state index contributed by atoms with van der Waals surface area (Å²) in [5, 5.41) is 11.1. The Morgan fingerprint density at radius 2 is 1.72 bits per heavy atom. The number of carbonyl (C=O) groups excluding carboxylic acids is 2. The van der Waals surface area contributed by atoms with Crippen LogP contribution in [0.15, 0.2) is 72.8 Å². The normalized spacial score (nSPS) is 10.8. The lowest BCUT2D eigenvalue weighted by Gasteiger charge is -2.07. The van der Waals surface area contributed by atoms with Crippen LogP contribution in [0.4, 0.5) is 5.69 Å². The molecule has 2 aromatic carbocycles. The minimum absolute atomic E-state index is 0.0743. The molecule has 0 radical (unpaired) electrons. The molecule has 25 heavy (non-hydrogen) atoms. The first kappa shape index (κ1) is 17.8. The fourth-order valence-corrected chi connectivity index (χ4v) is 2.11. The molecule has 0 fully saturated rings. The fourth-order valence-electron chi connectivity index (χ4n) is 2.11. The number of nitrogens with zero attached hydrogens (tertiary/aromatic N) is 1. The van der Waals surface area contributed by atoms with Gasteiger partial charge in [0.2, 0.25) is 0 Å². The van der Waals surface area contributed by atoms with Gasteiger partial charge >= 0.3 is 5.97 Å². The van der Waals surface area contributed by atoms with Crippen molar-refractivity contribution in [2.75, 3.05) is 6.61 Å². The SMILES string of the molecule is C=CCOC(=O)C(=Cc1ccccc1[N+](=O)[O-])C(=O)c1ccccc1. The van der Waals surface area contributed by atoms with Gasteiger partial charge in [0.05, 0.1) is 10.5 Å². The summed E-state index contributed by atoms with van der Waals surface area (Å²) in [5.74, 6) is -1.44. The average molecular weight is 337 g/mol. The fraction of sp³-hybridized carbons (Fsp3) is 0.0526. The van der Waals surface area contributed by atoms with Crippen molar-refractivity contribution in [3.63, 3.8) is 0 Å². The smallest absolute Gasteiger partial charge is 0.342 e. The van der Waals surface area contributed by atoms with E-state index in [0.29, 0.717) is 0 Å². The number of esters is 1. The van der Waals surface area contributed by atoms with E-state index in [1.54, 1.807) is 36.4 Å². The zero-order valence-corrected chi connectivity index (χ0v) is 13.3. The van der Waals surface area contributed by atoms with Crippen LogP contribution in [0.1, 0.15) is 15.9 Å². The first-order chi connectivity index (χ1) is 12.0. The van der Waals surface area contributed by atoms with E-state index in [-0.39, 0.29) is 29.0 Å². The standard InChI is InChI=1S/C19H15NO5/c1-2-12-25-19(22)16(18(21)14-8-4-3-5-9-14)13-15-10-6-7-11-17(15)20(23)24/h2-11,13H,1,12H2. The molecule has 0 bridgehead atoms. The molecule has 0 amide bonds. The lowest BCUT2D eigenvalue weighted by atomic mass is 10.0. The molecule has 0 aromatic heterocycles. The Bertz CT molecular complexity index is 840. The number of Topliss-reactive ketones (excluding diaryl/α,β-unsaturated/α-hetero) is 1. The third-order valence-corrected chi connectivity index (χ3v) is 3.27. The van der Waals surface area contributed by atoms with Gasteiger partial charge in [0, 0.05) is 11.6 Å². The molecule has 0 spiro atoms. The topological polar surface area (TPSA) is 86.5 Å². The van der Waals surface area contributed by atoms with E-state index in [9.17, 15) is 19.7 Å².